The Morgan fingerprint density at radius 2 is 1.48 bits per heavy atom. The molecule has 0 N–H and O–H groups in total. The quantitative estimate of drug-likeness (QED) is 0.593. The van der Waals surface area contributed by atoms with Crippen molar-refractivity contribution in [3.05, 3.63) is 72.8 Å². The van der Waals surface area contributed by atoms with E-state index in [1.165, 1.54) is 9.99 Å². The molecular weight excluding hydrogens is 434 g/mol. The van der Waals surface area contributed by atoms with Crippen molar-refractivity contribution >= 4 is 32.4 Å². The molecule has 0 spiro atoms. The molecule has 2 aliphatic rings. The molecule has 1 amide bonds. The van der Waals surface area contributed by atoms with Gasteiger partial charge in [-0.3, -0.25) is 4.79 Å². The highest BCUT2D eigenvalue weighted by Crippen LogP contribution is 2.27. The van der Waals surface area contributed by atoms with E-state index in [1.54, 1.807) is 12.1 Å². The molecule has 6 nitrogen and oxygen atoms in total. The van der Waals surface area contributed by atoms with Gasteiger partial charge in [0.2, 0.25) is 15.9 Å². The van der Waals surface area contributed by atoms with Crippen molar-refractivity contribution in [2.45, 2.75) is 17.7 Å². The molecule has 33 heavy (non-hydrogen) atoms. The van der Waals surface area contributed by atoms with Crippen LogP contribution in [0, 0.1) is 5.92 Å². The van der Waals surface area contributed by atoms with Crippen molar-refractivity contribution in [1.29, 1.82) is 0 Å². The minimum Gasteiger partial charge on any atom is -0.368 e. The summed E-state index contributed by atoms with van der Waals surface area (Å²) in [6.45, 7) is 3.64. The minimum absolute atomic E-state index is 0.0844. The number of benzene rings is 3. The Balaban J connectivity index is 1.26. The van der Waals surface area contributed by atoms with E-state index >= 15 is 0 Å². The summed E-state index contributed by atoms with van der Waals surface area (Å²) in [7, 11) is -3.64. The zero-order valence-electron chi connectivity index (χ0n) is 18.6. The van der Waals surface area contributed by atoms with E-state index in [0.717, 1.165) is 30.3 Å². The second-order valence-electron chi connectivity index (χ2n) is 8.86. The highest BCUT2D eigenvalue weighted by molar-refractivity contribution is 7.89. The molecule has 0 aliphatic carbocycles. The summed E-state index contributed by atoms with van der Waals surface area (Å²) in [4.78, 5) is 17.8. The third-order valence-electron chi connectivity index (χ3n) is 6.80. The van der Waals surface area contributed by atoms with Crippen LogP contribution in [0.2, 0.25) is 0 Å². The van der Waals surface area contributed by atoms with E-state index in [0.29, 0.717) is 31.0 Å². The van der Waals surface area contributed by atoms with Crippen LogP contribution in [-0.2, 0) is 14.8 Å². The lowest BCUT2D eigenvalue weighted by molar-refractivity contribution is -0.137. The SMILES string of the molecule is O=C([C@H]1CCCN(S(=O)(=O)c2ccc3ccccc3c2)C1)N1CCN(c2ccccc2)CC1. The van der Waals surface area contributed by atoms with E-state index in [-0.39, 0.29) is 18.4 Å². The number of nitrogens with zero attached hydrogens (tertiary/aromatic N) is 3. The topological polar surface area (TPSA) is 60.9 Å². The van der Waals surface area contributed by atoms with E-state index in [2.05, 4.69) is 17.0 Å². The zero-order valence-corrected chi connectivity index (χ0v) is 19.5. The van der Waals surface area contributed by atoms with Crippen molar-refractivity contribution in [1.82, 2.24) is 9.21 Å². The zero-order chi connectivity index (χ0) is 22.8. The van der Waals surface area contributed by atoms with Crippen LogP contribution >= 0.6 is 0 Å². The van der Waals surface area contributed by atoms with Crippen LogP contribution in [0.25, 0.3) is 10.8 Å². The molecule has 1 atom stereocenters. The van der Waals surface area contributed by atoms with Gasteiger partial charge in [-0.2, -0.15) is 4.31 Å². The second-order valence-corrected chi connectivity index (χ2v) is 10.8. The summed E-state index contributed by atoms with van der Waals surface area (Å²) in [5, 5.41) is 1.91. The van der Waals surface area contributed by atoms with Crippen LogP contribution in [-0.4, -0.2) is 62.8 Å². The number of fused-ring (bicyclic) bond motifs is 1. The van der Waals surface area contributed by atoms with Gasteiger partial charge in [-0.1, -0.05) is 48.5 Å². The fraction of sp³-hybridized carbons (Fsp3) is 0.346. The first kappa shape index (κ1) is 21.9. The number of hydrogen-bond acceptors (Lipinski definition) is 4. The van der Waals surface area contributed by atoms with Gasteiger partial charge in [0.15, 0.2) is 0 Å². The van der Waals surface area contributed by atoms with Gasteiger partial charge < -0.3 is 9.80 Å². The first-order valence-corrected chi connectivity index (χ1v) is 13.0. The predicted octanol–water partition coefficient (Wildman–Crippen LogP) is 3.59. The molecule has 0 unspecified atom stereocenters. The van der Waals surface area contributed by atoms with Crippen molar-refractivity contribution in [2.24, 2.45) is 5.92 Å². The highest BCUT2D eigenvalue weighted by atomic mass is 32.2. The van der Waals surface area contributed by atoms with Gasteiger partial charge in [0.25, 0.3) is 0 Å². The fourth-order valence-corrected chi connectivity index (χ4v) is 6.48. The van der Waals surface area contributed by atoms with E-state index < -0.39 is 10.0 Å². The summed E-state index contributed by atoms with van der Waals surface area (Å²) in [5.41, 5.74) is 1.18. The van der Waals surface area contributed by atoms with Crippen molar-refractivity contribution in [3.63, 3.8) is 0 Å². The molecular formula is C26H29N3O3S. The smallest absolute Gasteiger partial charge is 0.243 e. The number of carbonyl (C=O) groups excluding carboxylic acids is 1. The van der Waals surface area contributed by atoms with Crippen molar-refractivity contribution in [2.75, 3.05) is 44.2 Å². The average Bonchev–Trinajstić information content (AvgIpc) is 2.88. The number of sulfonamides is 1. The monoisotopic (exact) mass is 463 g/mol. The third kappa shape index (κ3) is 4.48. The van der Waals surface area contributed by atoms with Crippen LogP contribution in [0.4, 0.5) is 5.69 Å². The van der Waals surface area contributed by atoms with Crippen LogP contribution < -0.4 is 4.90 Å². The Kier molecular flexibility index (Phi) is 6.08. The number of rotatable bonds is 4. The lowest BCUT2D eigenvalue weighted by Crippen LogP contribution is -2.53. The number of piperazine rings is 1. The normalized spacial score (nSPS) is 20.2. The largest absolute Gasteiger partial charge is 0.368 e. The predicted molar refractivity (Wildman–Crippen MR) is 131 cm³/mol. The van der Waals surface area contributed by atoms with Crippen molar-refractivity contribution in [3.8, 4) is 0 Å². The summed E-state index contributed by atoms with van der Waals surface area (Å²) in [6, 6.07) is 23.2. The molecule has 0 saturated carbocycles. The molecule has 0 radical (unpaired) electrons. The standard InChI is InChI=1S/C26H29N3O3S/c30-26(28-17-15-27(16-18-28)24-10-2-1-3-11-24)23-9-6-14-29(20-23)33(31,32)25-13-12-21-7-4-5-8-22(21)19-25/h1-5,7-8,10-13,19,23H,6,9,14-18,20H2/t23-/m0/s1. The van der Waals surface area contributed by atoms with Crippen LogP contribution in [0.5, 0.6) is 0 Å². The summed E-state index contributed by atoms with van der Waals surface area (Å²) in [6.07, 6.45) is 1.44. The Bertz CT molecular complexity index is 1240. The lowest BCUT2D eigenvalue weighted by atomic mass is 9.97. The molecule has 3 aromatic carbocycles. The number of amides is 1. The summed E-state index contributed by atoms with van der Waals surface area (Å²) in [5.74, 6) is -0.196. The first-order valence-electron chi connectivity index (χ1n) is 11.6. The Hall–Kier alpha value is -2.90. The number of carbonyl (C=O) groups is 1. The molecule has 3 aromatic rings. The fourth-order valence-electron chi connectivity index (χ4n) is 4.92. The molecule has 0 bridgehead atoms. The Morgan fingerprint density at radius 1 is 0.788 bits per heavy atom. The van der Waals surface area contributed by atoms with Gasteiger partial charge >= 0.3 is 0 Å². The van der Waals surface area contributed by atoms with E-state index in [9.17, 15) is 13.2 Å². The molecule has 0 aromatic heterocycles. The van der Waals surface area contributed by atoms with Gasteiger partial charge in [-0.15, -0.1) is 0 Å². The first-order chi connectivity index (χ1) is 16.0. The maximum absolute atomic E-state index is 13.4. The average molecular weight is 464 g/mol. The van der Waals surface area contributed by atoms with Gasteiger partial charge in [0.05, 0.1) is 10.8 Å². The van der Waals surface area contributed by atoms with Gasteiger partial charge in [0, 0.05) is 45.0 Å². The Morgan fingerprint density at radius 3 is 2.24 bits per heavy atom. The highest BCUT2D eigenvalue weighted by Gasteiger charge is 2.36. The second kappa shape index (κ2) is 9.15. The number of para-hydroxylation sites is 1. The molecule has 2 saturated heterocycles. The molecule has 2 fully saturated rings. The van der Waals surface area contributed by atoms with Crippen LogP contribution in [0.1, 0.15) is 12.8 Å². The molecule has 2 aliphatic heterocycles. The lowest BCUT2D eigenvalue weighted by Gasteiger charge is -2.39. The number of anilines is 1. The number of hydrogen-bond donors (Lipinski definition) is 0. The minimum atomic E-state index is -3.64. The number of piperidine rings is 1. The van der Waals surface area contributed by atoms with Crippen LogP contribution in [0.3, 0.4) is 0 Å². The maximum atomic E-state index is 13.4. The maximum Gasteiger partial charge on any atom is 0.243 e. The van der Waals surface area contributed by atoms with Crippen LogP contribution in [0.15, 0.2) is 77.7 Å². The summed E-state index contributed by atoms with van der Waals surface area (Å²) >= 11 is 0. The summed E-state index contributed by atoms with van der Waals surface area (Å²) < 4.78 is 28.2. The van der Waals surface area contributed by atoms with E-state index in [1.807, 2.05) is 53.4 Å². The Labute approximate surface area is 195 Å². The molecule has 5 rings (SSSR count). The third-order valence-corrected chi connectivity index (χ3v) is 8.67. The molecule has 2 heterocycles. The van der Waals surface area contributed by atoms with E-state index in [4.69, 9.17) is 0 Å². The van der Waals surface area contributed by atoms with Gasteiger partial charge in [-0.25, -0.2) is 8.42 Å². The van der Waals surface area contributed by atoms with Gasteiger partial charge in [-0.05, 0) is 47.9 Å². The molecule has 7 heteroatoms. The van der Waals surface area contributed by atoms with Gasteiger partial charge in [0.1, 0.15) is 0 Å². The van der Waals surface area contributed by atoms with Crippen molar-refractivity contribution < 1.29 is 13.2 Å². The molecule has 172 valence electrons.